The predicted molar refractivity (Wildman–Crippen MR) is 109 cm³/mol. The Morgan fingerprint density at radius 1 is 1.17 bits per heavy atom. The van der Waals surface area contributed by atoms with Gasteiger partial charge in [-0.25, -0.2) is 9.97 Å². The van der Waals surface area contributed by atoms with Gasteiger partial charge in [-0.05, 0) is 51.0 Å². The maximum atomic E-state index is 12.8. The summed E-state index contributed by atoms with van der Waals surface area (Å²) in [7, 11) is 0. The third-order valence-corrected chi connectivity index (χ3v) is 4.82. The van der Waals surface area contributed by atoms with Crippen LogP contribution in [0.25, 0.3) is 0 Å². The van der Waals surface area contributed by atoms with Gasteiger partial charge in [0, 0.05) is 41.8 Å². The Labute approximate surface area is 169 Å². The topological polar surface area (TPSA) is 69.9 Å². The van der Waals surface area contributed by atoms with E-state index < -0.39 is 0 Å². The molecular weight excluding hydrogens is 364 g/mol. The number of ether oxygens (including phenoxy) is 1. The highest BCUT2D eigenvalue weighted by atomic mass is 16.5. The maximum absolute atomic E-state index is 12.8. The van der Waals surface area contributed by atoms with Crippen LogP contribution in [0.15, 0.2) is 53.7 Å². The van der Waals surface area contributed by atoms with Crippen molar-refractivity contribution < 1.29 is 4.74 Å². The van der Waals surface area contributed by atoms with Crippen LogP contribution in [0, 0.1) is 24.7 Å². The van der Waals surface area contributed by atoms with Crippen LogP contribution in [0.3, 0.4) is 0 Å². The molecule has 6 heteroatoms. The molecule has 1 atom stereocenters. The first-order valence-corrected chi connectivity index (χ1v) is 9.69. The Morgan fingerprint density at radius 2 is 1.97 bits per heavy atom. The smallest absolute Gasteiger partial charge is 0.255 e. The fraction of sp³-hybridized carbons (Fsp3) is 0.304. The fourth-order valence-electron chi connectivity index (χ4n) is 3.11. The monoisotopic (exact) mass is 386 g/mol. The summed E-state index contributed by atoms with van der Waals surface area (Å²) in [5.41, 5.74) is 2.40. The molecule has 1 fully saturated rings. The molecule has 146 valence electrons. The average molecular weight is 386 g/mol. The van der Waals surface area contributed by atoms with Crippen LogP contribution in [0.4, 0.5) is 0 Å². The van der Waals surface area contributed by atoms with Crippen molar-refractivity contribution in [2.45, 2.75) is 39.3 Å². The normalized spacial score (nSPS) is 14.0. The number of pyridine rings is 2. The number of aromatic nitrogens is 4. The van der Waals surface area contributed by atoms with Gasteiger partial charge in [0.05, 0.1) is 11.7 Å². The molecule has 3 aromatic heterocycles. The fourth-order valence-corrected chi connectivity index (χ4v) is 3.11. The lowest BCUT2D eigenvalue weighted by Crippen LogP contribution is -2.26. The first-order valence-electron chi connectivity index (χ1n) is 9.69. The molecule has 0 amide bonds. The summed E-state index contributed by atoms with van der Waals surface area (Å²) in [6.07, 6.45) is 7.46. The van der Waals surface area contributed by atoms with E-state index in [1.807, 2.05) is 32.0 Å². The van der Waals surface area contributed by atoms with Gasteiger partial charge < -0.3 is 9.30 Å². The minimum Gasteiger partial charge on any atom is -0.485 e. The lowest BCUT2D eigenvalue weighted by molar-refractivity contribution is 0.294. The number of nitrogens with zero attached hydrogens (tertiary/aromatic N) is 4. The van der Waals surface area contributed by atoms with Crippen LogP contribution >= 0.6 is 0 Å². The summed E-state index contributed by atoms with van der Waals surface area (Å²) in [5, 5.41) is 0. The van der Waals surface area contributed by atoms with E-state index in [4.69, 9.17) is 4.74 Å². The van der Waals surface area contributed by atoms with Crippen LogP contribution < -0.4 is 10.3 Å². The predicted octanol–water partition coefficient (Wildman–Crippen LogP) is 3.29. The number of rotatable bonds is 5. The highest BCUT2D eigenvalue weighted by Gasteiger charge is 2.18. The van der Waals surface area contributed by atoms with Gasteiger partial charge >= 0.3 is 0 Å². The second-order valence-electron chi connectivity index (χ2n) is 7.18. The van der Waals surface area contributed by atoms with E-state index in [-0.39, 0.29) is 18.2 Å². The molecule has 1 saturated carbocycles. The van der Waals surface area contributed by atoms with Gasteiger partial charge in [-0.3, -0.25) is 9.78 Å². The van der Waals surface area contributed by atoms with Crippen molar-refractivity contribution in [3.05, 3.63) is 82.1 Å². The molecule has 1 aliphatic rings. The second-order valence-corrected chi connectivity index (χ2v) is 7.18. The summed E-state index contributed by atoms with van der Waals surface area (Å²) in [5.74, 6) is 8.09. The van der Waals surface area contributed by atoms with Crippen molar-refractivity contribution in [3.8, 4) is 17.6 Å². The Kier molecular flexibility index (Phi) is 5.39. The van der Waals surface area contributed by atoms with E-state index in [1.54, 1.807) is 29.2 Å². The van der Waals surface area contributed by atoms with Gasteiger partial charge in [0.15, 0.2) is 5.82 Å². The van der Waals surface area contributed by atoms with Crippen LogP contribution in [0.5, 0.6) is 5.75 Å². The molecule has 0 saturated heterocycles. The zero-order valence-electron chi connectivity index (χ0n) is 16.5. The quantitative estimate of drug-likeness (QED) is 0.630. The van der Waals surface area contributed by atoms with Crippen LogP contribution in [0.1, 0.15) is 48.6 Å². The minimum atomic E-state index is -0.211. The van der Waals surface area contributed by atoms with Crippen LogP contribution in [0.2, 0.25) is 0 Å². The molecule has 0 aliphatic heterocycles. The number of hydrogen-bond donors (Lipinski definition) is 0. The van der Waals surface area contributed by atoms with Crippen molar-refractivity contribution in [2.75, 3.05) is 0 Å². The van der Waals surface area contributed by atoms with E-state index in [0.717, 1.165) is 17.0 Å². The third-order valence-electron chi connectivity index (χ3n) is 4.82. The summed E-state index contributed by atoms with van der Waals surface area (Å²) in [6.45, 7) is 4.07. The molecule has 0 radical (unpaired) electrons. The number of hydrogen-bond acceptors (Lipinski definition) is 5. The zero-order valence-corrected chi connectivity index (χ0v) is 16.5. The van der Waals surface area contributed by atoms with Gasteiger partial charge in [0.2, 0.25) is 0 Å². The molecule has 3 heterocycles. The molecule has 6 nitrogen and oxygen atoms in total. The molecule has 4 rings (SSSR count). The molecule has 0 aromatic carbocycles. The second kappa shape index (κ2) is 8.27. The van der Waals surface area contributed by atoms with E-state index in [1.165, 1.54) is 18.9 Å². The first kappa shape index (κ1) is 18.9. The number of aryl methyl sites for hydroxylation is 1. The molecule has 3 aromatic rings. The zero-order chi connectivity index (χ0) is 20.2. The maximum Gasteiger partial charge on any atom is 0.255 e. The molecule has 1 aliphatic carbocycles. The van der Waals surface area contributed by atoms with Gasteiger partial charge in [0.1, 0.15) is 12.4 Å². The van der Waals surface area contributed by atoms with E-state index in [9.17, 15) is 4.79 Å². The Hall–Kier alpha value is -3.46. The van der Waals surface area contributed by atoms with Crippen molar-refractivity contribution in [2.24, 2.45) is 5.92 Å². The lowest BCUT2D eigenvalue weighted by atomic mass is 10.1. The largest absolute Gasteiger partial charge is 0.485 e. The minimum absolute atomic E-state index is 0.141. The molecule has 0 N–H and O–H groups in total. The molecular formula is C23H22N4O2. The van der Waals surface area contributed by atoms with E-state index in [2.05, 4.69) is 26.8 Å². The summed E-state index contributed by atoms with van der Waals surface area (Å²) < 4.78 is 7.42. The van der Waals surface area contributed by atoms with Gasteiger partial charge in [-0.1, -0.05) is 11.8 Å². The highest BCUT2D eigenvalue weighted by molar-refractivity contribution is 5.36. The SMILES string of the molecule is Cc1cc(OCc2ncccn2)cc(=O)n1C(C)c1cc(C#CC2CC2)ccn1. The molecule has 0 bridgehead atoms. The van der Waals surface area contributed by atoms with Crippen molar-refractivity contribution >= 4 is 0 Å². The summed E-state index contributed by atoms with van der Waals surface area (Å²) in [4.78, 5) is 25.5. The van der Waals surface area contributed by atoms with Crippen LogP contribution in [-0.2, 0) is 6.61 Å². The Balaban J connectivity index is 1.54. The van der Waals surface area contributed by atoms with Crippen LogP contribution in [-0.4, -0.2) is 19.5 Å². The molecule has 0 spiro atoms. The third kappa shape index (κ3) is 4.69. The first-order chi connectivity index (χ1) is 14.1. The van der Waals surface area contributed by atoms with E-state index in [0.29, 0.717) is 17.5 Å². The van der Waals surface area contributed by atoms with E-state index >= 15 is 0 Å². The molecule has 29 heavy (non-hydrogen) atoms. The van der Waals surface area contributed by atoms with Crippen molar-refractivity contribution in [1.82, 2.24) is 19.5 Å². The highest BCUT2D eigenvalue weighted by Crippen LogP contribution is 2.27. The average Bonchev–Trinajstić information content (AvgIpc) is 3.56. The lowest BCUT2D eigenvalue weighted by Gasteiger charge is -2.19. The standard InChI is InChI=1S/C23H22N4O2/c1-16-12-20(29-15-22-25-9-3-10-26-22)14-23(28)27(16)17(2)21-13-19(8-11-24-21)7-6-18-4-5-18/h3,8-14,17-18H,4-5,15H2,1-2H3. The summed E-state index contributed by atoms with van der Waals surface area (Å²) >= 11 is 0. The van der Waals surface area contributed by atoms with Gasteiger partial charge in [-0.15, -0.1) is 0 Å². The Morgan fingerprint density at radius 3 is 2.69 bits per heavy atom. The van der Waals surface area contributed by atoms with Gasteiger partial charge in [0.25, 0.3) is 5.56 Å². The molecule has 1 unspecified atom stereocenters. The van der Waals surface area contributed by atoms with Gasteiger partial charge in [-0.2, -0.15) is 0 Å². The van der Waals surface area contributed by atoms with Crippen molar-refractivity contribution in [1.29, 1.82) is 0 Å². The van der Waals surface area contributed by atoms with Crippen molar-refractivity contribution in [3.63, 3.8) is 0 Å². The Bertz CT molecular complexity index is 1120. The summed E-state index contributed by atoms with van der Waals surface area (Å²) in [6, 6.07) is 8.74.